The first kappa shape index (κ1) is 10.8. The van der Waals surface area contributed by atoms with Crippen LogP contribution in [-0.4, -0.2) is 16.4 Å². The summed E-state index contributed by atoms with van der Waals surface area (Å²) in [7, 11) is 0. The second kappa shape index (κ2) is 4.15. The van der Waals surface area contributed by atoms with E-state index in [4.69, 9.17) is 4.74 Å². The van der Waals surface area contributed by atoms with E-state index in [2.05, 4.69) is 41.8 Å². The summed E-state index contributed by atoms with van der Waals surface area (Å²) in [6, 6.07) is 6.50. The Morgan fingerprint density at radius 1 is 1.29 bits per heavy atom. The van der Waals surface area contributed by atoms with Crippen molar-refractivity contribution in [1.82, 2.24) is 9.78 Å². The summed E-state index contributed by atoms with van der Waals surface area (Å²) >= 11 is 0. The molecule has 0 N–H and O–H groups in total. The fraction of sp³-hybridized carbons (Fsp3) is 0.500. The van der Waals surface area contributed by atoms with Crippen LogP contribution >= 0.6 is 0 Å². The van der Waals surface area contributed by atoms with Gasteiger partial charge < -0.3 is 4.74 Å². The molecule has 90 valence electrons. The summed E-state index contributed by atoms with van der Waals surface area (Å²) in [5, 5.41) is 5.90. The van der Waals surface area contributed by atoms with Crippen molar-refractivity contribution in [3.63, 3.8) is 0 Å². The van der Waals surface area contributed by atoms with E-state index in [0.717, 1.165) is 18.7 Å². The predicted octanol–water partition coefficient (Wildman–Crippen LogP) is 3.35. The lowest BCUT2D eigenvalue weighted by atomic mass is 10.1. The zero-order valence-electron chi connectivity index (χ0n) is 10.4. The van der Waals surface area contributed by atoms with Crippen LogP contribution in [0.2, 0.25) is 0 Å². The minimum Gasteiger partial charge on any atom is -0.356 e. The molecule has 3 rings (SSSR count). The van der Waals surface area contributed by atoms with Gasteiger partial charge in [0.2, 0.25) is 0 Å². The van der Waals surface area contributed by atoms with E-state index in [1.165, 1.54) is 29.3 Å². The molecule has 17 heavy (non-hydrogen) atoms. The fourth-order valence-corrected chi connectivity index (χ4v) is 2.54. The number of rotatable bonds is 1. The molecule has 1 atom stereocenters. The van der Waals surface area contributed by atoms with E-state index in [1.807, 2.05) is 0 Å². The molecule has 3 nitrogen and oxygen atoms in total. The van der Waals surface area contributed by atoms with E-state index in [0.29, 0.717) is 0 Å². The standard InChI is InChI=1S/C14H18N2O/c1-10-6-7-13-12(9-10)11(2)15-16(13)14-5-3-4-8-17-14/h6-7,9,14H,3-5,8H2,1-2H3. The highest BCUT2D eigenvalue weighted by atomic mass is 16.5. The summed E-state index contributed by atoms with van der Waals surface area (Å²) in [5.41, 5.74) is 3.57. The molecule has 1 aromatic heterocycles. The normalized spacial score (nSPS) is 20.9. The smallest absolute Gasteiger partial charge is 0.150 e. The Morgan fingerprint density at radius 2 is 2.18 bits per heavy atom. The number of benzene rings is 1. The second-order valence-electron chi connectivity index (χ2n) is 4.87. The Kier molecular flexibility index (Phi) is 2.63. The summed E-state index contributed by atoms with van der Waals surface area (Å²) in [5.74, 6) is 0. The zero-order chi connectivity index (χ0) is 11.8. The Balaban J connectivity index is 2.10. The van der Waals surface area contributed by atoms with E-state index in [1.54, 1.807) is 0 Å². The van der Waals surface area contributed by atoms with Gasteiger partial charge in [0.15, 0.2) is 6.23 Å². The minimum atomic E-state index is 0.127. The first-order valence-corrected chi connectivity index (χ1v) is 6.33. The first-order chi connectivity index (χ1) is 8.25. The topological polar surface area (TPSA) is 27.1 Å². The number of fused-ring (bicyclic) bond motifs is 1. The van der Waals surface area contributed by atoms with Crippen LogP contribution in [0.25, 0.3) is 10.9 Å². The van der Waals surface area contributed by atoms with Crippen LogP contribution in [0.4, 0.5) is 0 Å². The Hall–Kier alpha value is -1.35. The van der Waals surface area contributed by atoms with Crippen molar-refractivity contribution in [3.8, 4) is 0 Å². The van der Waals surface area contributed by atoms with Crippen LogP contribution in [0, 0.1) is 13.8 Å². The lowest BCUT2D eigenvalue weighted by Gasteiger charge is -2.23. The van der Waals surface area contributed by atoms with Gasteiger partial charge in [-0.05, 0) is 45.2 Å². The average Bonchev–Trinajstić information content (AvgIpc) is 2.68. The van der Waals surface area contributed by atoms with Gasteiger partial charge in [-0.1, -0.05) is 11.6 Å². The number of aryl methyl sites for hydroxylation is 2. The third-order valence-corrected chi connectivity index (χ3v) is 3.47. The molecule has 0 radical (unpaired) electrons. The van der Waals surface area contributed by atoms with Crippen molar-refractivity contribution >= 4 is 10.9 Å². The van der Waals surface area contributed by atoms with Gasteiger partial charge in [-0.15, -0.1) is 0 Å². The highest BCUT2D eigenvalue weighted by Gasteiger charge is 2.19. The van der Waals surface area contributed by atoms with Crippen LogP contribution in [0.5, 0.6) is 0 Å². The molecule has 1 aliphatic heterocycles. The van der Waals surface area contributed by atoms with Crippen LogP contribution in [0.15, 0.2) is 18.2 Å². The van der Waals surface area contributed by atoms with E-state index >= 15 is 0 Å². The van der Waals surface area contributed by atoms with Gasteiger partial charge in [-0.3, -0.25) is 0 Å². The number of hydrogen-bond acceptors (Lipinski definition) is 2. The SMILES string of the molecule is Cc1ccc2c(c1)c(C)nn2C1CCCCO1. The van der Waals surface area contributed by atoms with Crippen LogP contribution in [-0.2, 0) is 4.74 Å². The van der Waals surface area contributed by atoms with Crippen molar-refractivity contribution in [2.45, 2.75) is 39.3 Å². The van der Waals surface area contributed by atoms with Crippen molar-refractivity contribution in [2.75, 3.05) is 6.61 Å². The monoisotopic (exact) mass is 230 g/mol. The molecule has 0 bridgehead atoms. The molecule has 0 saturated carbocycles. The average molecular weight is 230 g/mol. The molecule has 1 saturated heterocycles. The molecule has 0 aliphatic carbocycles. The number of nitrogens with zero attached hydrogens (tertiary/aromatic N) is 2. The van der Waals surface area contributed by atoms with Crippen LogP contribution in [0.3, 0.4) is 0 Å². The molecule has 2 heterocycles. The molecule has 1 unspecified atom stereocenters. The fourth-order valence-electron chi connectivity index (χ4n) is 2.54. The predicted molar refractivity (Wildman–Crippen MR) is 68.0 cm³/mol. The highest BCUT2D eigenvalue weighted by Crippen LogP contribution is 2.28. The molecule has 0 spiro atoms. The quantitative estimate of drug-likeness (QED) is 0.751. The van der Waals surface area contributed by atoms with Crippen LogP contribution < -0.4 is 0 Å². The zero-order valence-corrected chi connectivity index (χ0v) is 10.4. The maximum absolute atomic E-state index is 5.82. The lowest BCUT2D eigenvalue weighted by Crippen LogP contribution is -2.19. The summed E-state index contributed by atoms with van der Waals surface area (Å²) in [6.45, 7) is 5.05. The Bertz CT molecular complexity index is 538. The van der Waals surface area contributed by atoms with E-state index in [-0.39, 0.29) is 6.23 Å². The van der Waals surface area contributed by atoms with Crippen molar-refractivity contribution in [2.24, 2.45) is 0 Å². The summed E-state index contributed by atoms with van der Waals surface area (Å²) < 4.78 is 7.87. The van der Waals surface area contributed by atoms with Gasteiger partial charge >= 0.3 is 0 Å². The third kappa shape index (κ3) is 1.84. The van der Waals surface area contributed by atoms with Crippen molar-refractivity contribution in [1.29, 1.82) is 0 Å². The van der Waals surface area contributed by atoms with Gasteiger partial charge in [0.05, 0.1) is 11.2 Å². The van der Waals surface area contributed by atoms with Crippen molar-refractivity contribution < 1.29 is 4.74 Å². The molecule has 1 aromatic carbocycles. The van der Waals surface area contributed by atoms with Gasteiger partial charge in [-0.25, -0.2) is 4.68 Å². The number of aromatic nitrogens is 2. The maximum atomic E-state index is 5.82. The van der Waals surface area contributed by atoms with Gasteiger partial charge in [0, 0.05) is 12.0 Å². The Morgan fingerprint density at radius 3 is 2.94 bits per heavy atom. The van der Waals surface area contributed by atoms with E-state index < -0.39 is 0 Å². The molecule has 0 amide bonds. The third-order valence-electron chi connectivity index (χ3n) is 3.47. The number of hydrogen-bond donors (Lipinski definition) is 0. The highest BCUT2D eigenvalue weighted by molar-refractivity contribution is 5.82. The van der Waals surface area contributed by atoms with Gasteiger partial charge in [0.1, 0.15) is 0 Å². The van der Waals surface area contributed by atoms with E-state index in [9.17, 15) is 0 Å². The molecular weight excluding hydrogens is 212 g/mol. The van der Waals surface area contributed by atoms with Crippen LogP contribution in [0.1, 0.15) is 36.7 Å². The first-order valence-electron chi connectivity index (χ1n) is 6.33. The molecule has 1 aliphatic rings. The van der Waals surface area contributed by atoms with Crippen molar-refractivity contribution in [3.05, 3.63) is 29.5 Å². The summed E-state index contributed by atoms with van der Waals surface area (Å²) in [6.07, 6.45) is 3.61. The summed E-state index contributed by atoms with van der Waals surface area (Å²) in [4.78, 5) is 0. The molecule has 2 aromatic rings. The second-order valence-corrected chi connectivity index (χ2v) is 4.87. The maximum Gasteiger partial charge on any atom is 0.150 e. The van der Waals surface area contributed by atoms with Gasteiger partial charge in [0.25, 0.3) is 0 Å². The van der Waals surface area contributed by atoms with Gasteiger partial charge in [-0.2, -0.15) is 5.10 Å². The molecule has 1 fully saturated rings. The largest absolute Gasteiger partial charge is 0.356 e. The minimum absolute atomic E-state index is 0.127. The lowest BCUT2D eigenvalue weighted by molar-refractivity contribution is -0.0368. The molecular formula is C14H18N2O. The number of ether oxygens (including phenoxy) is 1. The molecule has 3 heteroatoms. The Labute approximate surface area is 101 Å².